The van der Waals surface area contributed by atoms with Gasteiger partial charge in [-0.25, -0.2) is 4.68 Å². The fourth-order valence-corrected chi connectivity index (χ4v) is 6.66. The van der Waals surface area contributed by atoms with Crippen LogP contribution in [0.5, 0.6) is 11.5 Å². The van der Waals surface area contributed by atoms with Crippen LogP contribution in [0.3, 0.4) is 0 Å². The van der Waals surface area contributed by atoms with E-state index in [0.29, 0.717) is 39.5 Å². The second-order valence-corrected chi connectivity index (χ2v) is 11.5. The molecule has 0 spiro atoms. The van der Waals surface area contributed by atoms with Gasteiger partial charge in [0.05, 0.1) is 40.2 Å². The molecular formula is C32H25ClN4O5S. The number of furan rings is 1. The van der Waals surface area contributed by atoms with Gasteiger partial charge in [0.2, 0.25) is 18.6 Å². The number of amides is 2. The Morgan fingerprint density at radius 3 is 2.63 bits per heavy atom. The highest BCUT2D eigenvalue weighted by atomic mass is 35.5. The highest BCUT2D eigenvalue weighted by Gasteiger charge is 2.38. The molecule has 3 aromatic carbocycles. The fraction of sp³-hybridized carbons (Fsp3) is 0.156. The van der Waals surface area contributed by atoms with Crippen LogP contribution in [0.4, 0.5) is 5.82 Å². The van der Waals surface area contributed by atoms with Crippen LogP contribution in [-0.2, 0) is 16.1 Å². The number of carbonyl (C=O) groups excluding carboxylic acids is 2. The van der Waals surface area contributed by atoms with Crippen molar-refractivity contribution in [3.05, 3.63) is 113 Å². The minimum absolute atomic E-state index is 0.135. The van der Waals surface area contributed by atoms with Crippen molar-refractivity contribution < 1.29 is 23.5 Å². The van der Waals surface area contributed by atoms with Crippen molar-refractivity contribution in [2.75, 3.05) is 24.0 Å². The predicted octanol–water partition coefficient (Wildman–Crippen LogP) is 6.00. The van der Waals surface area contributed by atoms with Gasteiger partial charge in [-0.3, -0.25) is 14.5 Å². The molecule has 1 atom stereocenters. The van der Waals surface area contributed by atoms with Crippen LogP contribution in [0.15, 0.2) is 95.6 Å². The van der Waals surface area contributed by atoms with Crippen molar-refractivity contribution >= 4 is 41.0 Å². The predicted molar refractivity (Wildman–Crippen MR) is 164 cm³/mol. The first kappa shape index (κ1) is 27.2. The smallest absolute Gasteiger partial charge is 0.240 e. The maximum Gasteiger partial charge on any atom is 0.240 e. The standard InChI is InChI=1S/C32H25ClN4O5S/c33-23-10-4-5-11-24(23)37-32-29(30(35-37)20-7-2-1-3-8-20)31(21-12-13-25-26(15-21)42-19-41-25)43-18-28(39)36(32)17-27(38)34-16-22-9-6-14-40-22/h1-15,31H,16-19H2,(H,34,38). The number of benzene rings is 3. The Hall–Kier alpha value is -4.67. The number of hydrogen-bond acceptors (Lipinski definition) is 7. The summed E-state index contributed by atoms with van der Waals surface area (Å²) in [4.78, 5) is 28.7. The van der Waals surface area contributed by atoms with Crippen molar-refractivity contribution in [2.45, 2.75) is 11.8 Å². The second-order valence-electron chi connectivity index (χ2n) is 9.95. The molecule has 9 nitrogen and oxygen atoms in total. The number of anilines is 1. The third kappa shape index (κ3) is 5.24. The molecule has 2 aromatic heterocycles. The van der Waals surface area contributed by atoms with Gasteiger partial charge < -0.3 is 19.2 Å². The summed E-state index contributed by atoms with van der Waals surface area (Å²) in [6.07, 6.45) is 1.55. The Balaban J connectivity index is 1.41. The molecule has 0 saturated heterocycles. The summed E-state index contributed by atoms with van der Waals surface area (Å²) < 4.78 is 18.3. The Kier molecular flexibility index (Phi) is 7.30. The van der Waals surface area contributed by atoms with Crippen molar-refractivity contribution in [1.82, 2.24) is 15.1 Å². The molecule has 2 aliphatic rings. The molecule has 43 heavy (non-hydrogen) atoms. The van der Waals surface area contributed by atoms with Crippen LogP contribution in [-0.4, -0.2) is 40.7 Å². The van der Waals surface area contributed by atoms with Crippen LogP contribution < -0.4 is 19.7 Å². The van der Waals surface area contributed by atoms with Gasteiger partial charge in [-0.2, -0.15) is 5.10 Å². The molecule has 4 heterocycles. The quantitative estimate of drug-likeness (QED) is 0.241. The lowest BCUT2D eigenvalue weighted by atomic mass is 9.99. The highest BCUT2D eigenvalue weighted by molar-refractivity contribution is 8.00. The average molecular weight is 613 g/mol. The number of nitrogens with one attached hydrogen (secondary N) is 1. The molecule has 1 unspecified atom stereocenters. The minimum atomic E-state index is -0.338. The molecule has 7 rings (SSSR count). The molecule has 0 radical (unpaired) electrons. The molecule has 2 aliphatic heterocycles. The summed E-state index contributed by atoms with van der Waals surface area (Å²) in [7, 11) is 0. The Morgan fingerprint density at radius 1 is 1.00 bits per heavy atom. The first-order valence-corrected chi connectivity index (χ1v) is 15.0. The number of ether oxygens (including phenoxy) is 2. The van der Waals surface area contributed by atoms with Gasteiger partial charge in [-0.05, 0) is 42.0 Å². The zero-order valence-electron chi connectivity index (χ0n) is 22.7. The van der Waals surface area contributed by atoms with E-state index in [0.717, 1.165) is 16.7 Å². The van der Waals surface area contributed by atoms with Crippen LogP contribution in [0.1, 0.15) is 22.1 Å². The van der Waals surface area contributed by atoms with Gasteiger partial charge in [0.1, 0.15) is 18.1 Å². The monoisotopic (exact) mass is 612 g/mol. The van der Waals surface area contributed by atoms with E-state index in [4.69, 9.17) is 30.6 Å². The number of hydrogen-bond donors (Lipinski definition) is 1. The number of nitrogens with zero attached hydrogens (tertiary/aromatic N) is 3. The number of thioether (sulfide) groups is 1. The third-order valence-electron chi connectivity index (χ3n) is 7.26. The van der Waals surface area contributed by atoms with E-state index < -0.39 is 0 Å². The largest absolute Gasteiger partial charge is 0.467 e. The Morgan fingerprint density at radius 2 is 1.81 bits per heavy atom. The lowest BCUT2D eigenvalue weighted by Gasteiger charge is -2.23. The fourth-order valence-electron chi connectivity index (χ4n) is 5.26. The van der Waals surface area contributed by atoms with Gasteiger partial charge in [0.15, 0.2) is 11.5 Å². The lowest BCUT2D eigenvalue weighted by molar-refractivity contribution is -0.123. The normalized spacial score (nSPS) is 15.7. The van der Waals surface area contributed by atoms with Gasteiger partial charge >= 0.3 is 0 Å². The molecule has 216 valence electrons. The molecule has 0 saturated carbocycles. The first-order valence-electron chi connectivity index (χ1n) is 13.6. The van der Waals surface area contributed by atoms with E-state index >= 15 is 0 Å². The van der Waals surface area contributed by atoms with Crippen molar-refractivity contribution in [2.24, 2.45) is 0 Å². The number of aromatic nitrogens is 2. The Labute approximate surface area is 256 Å². The summed E-state index contributed by atoms with van der Waals surface area (Å²) in [5.74, 6) is 1.98. The molecular weight excluding hydrogens is 588 g/mol. The summed E-state index contributed by atoms with van der Waals surface area (Å²) >= 11 is 8.20. The van der Waals surface area contributed by atoms with E-state index in [-0.39, 0.29) is 42.7 Å². The Bertz CT molecular complexity index is 1810. The summed E-state index contributed by atoms with van der Waals surface area (Å²) in [6.45, 7) is 0.139. The molecule has 5 aromatic rings. The summed E-state index contributed by atoms with van der Waals surface area (Å²) in [5.41, 5.74) is 3.85. The van der Waals surface area contributed by atoms with Crippen molar-refractivity contribution in [3.63, 3.8) is 0 Å². The summed E-state index contributed by atoms with van der Waals surface area (Å²) in [6, 6.07) is 26.4. The van der Waals surface area contributed by atoms with E-state index in [9.17, 15) is 9.59 Å². The first-order chi connectivity index (χ1) is 21.1. The van der Waals surface area contributed by atoms with Gasteiger partial charge in [0.25, 0.3) is 0 Å². The molecule has 1 N–H and O–H groups in total. The topological polar surface area (TPSA) is 98.8 Å². The zero-order valence-corrected chi connectivity index (χ0v) is 24.3. The van der Waals surface area contributed by atoms with E-state index in [2.05, 4.69) is 5.32 Å². The lowest BCUT2D eigenvalue weighted by Crippen LogP contribution is -2.42. The molecule has 2 amide bonds. The number of carbonyl (C=O) groups is 2. The van der Waals surface area contributed by atoms with Gasteiger partial charge in [-0.15, -0.1) is 11.8 Å². The maximum absolute atomic E-state index is 13.9. The number of halogens is 1. The van der Waals surface area contributed by atoms with Gasteiger partial charge in [-0.1, -0.05) is 60.1 Å². The SMILES string of the molecule is O=C(CN1C(=O)CSC(c2ccc3c(c2)OCO3)c2c(-c3ccccc3)nn(-c3ccccc3Cl)c21)NCc1ccco1. The van der Waals surface area contributed by atoms with Crippen LogP contribution in [0.25, 0.3) is 16.9 Å². The molecule has 11 heteroatoms. The maximum atomic E-state index is 13.9. The number of rotatable bonds is 7. The van der Waals surface area contributed by atoms with E-state index in [1.807, 2.05) is 66.7 Å². The zero-order chi connectivity index (χ0) is 29.3. The van der Waals surface area contributed by atoms with Crippen LogP contribution in [0, 0.1) is 0 Å². The number of para-hydroxylation sites is 1. The molecule has 0 aliphatic carbocycles. The number of fused-ring (bicyclic) bond motifs is 2. The molecule has 0 fully saturated rings. The third-order valence-corrected chi connectivity index (χ3v) is 8.83. The molecule has 0 bridgehead atoms. The van der Waals surface area contributed by atoms with Crippen LogP contribution >= 0.6 is 23.4 Å². The van der Waals surface area contributed by atoms with E-state index in [1.54, 1.807) is 29.1 Å². The van der Waals surface area contributed by atoms with Crippen molar-refractivity contribution in [3.8, 4) is 28.4 Å². The summed E-state index contributed by atoms with van der Waals surface area (Å²) in [5, 5.41) is 8.08. The minimum Gasteiger partial charge on any atom is -0.467 e. The van der Waals surface area contributed by atoms with Gasteiger partial charge in [0, 0.05) is 11.1 Å². The van der Waals surface area contributed by atoms with E-state index in [1.165, 1.54) is 16.7 Å². The van der Waals surface area contributed by atoms with Crippen LogP contribution in [0.2, 0.25) is 5.02 Å². The highest BCUT2D eigenvalue weighted by Crippen LogP contribution is 2.50. The average Bonchev–Trinajstić information content (AvgIpc) is 3.78. The van der Waals surface area contributed by atoms with Crippen molar-refractivity contribution in [1.29, 1.82) is 0 Å². The second kappa shape index (κ2) is 11.5.